The fourth-order valence-corrected chi connectivity index (χ4v) is 4.68. The van der Waals surface area contributed by atoms with Crippen molar-refractivity contribution in [3.8, 4) is 5.75 Å². The van der Waals surface area contributed by atoms with Gasteiger partial charge in [-0.2, -0.15) is 0 Å². The van der Waals surface area contributed by atoms with Gasteiger partial charge >= 0.3 is 0 Å². The molecular formula is C22H24N2O4. The van der Waals surface area contributed by atoms with E-state index in [2.05, 4.69) is 16.4 Å². The second-order valence-corrected chi connectivity index (χ2v) is 8.17. The van der Waals surface area contributed by atoms with E-state index in [0.717, 1.165) is 53.8 Å². The summed E-state index contributed by atoms with van der Waals surface area (Å²) in [7, 11) is 0. The number of carbonyl (C=O) groups excluding carboxylic acids is 1. The van der Waals surface area contributed by atoms with E-state index in [4.69, 9.17) is 4.74 Å². The average molecular weight is 380 g/mol. The van der Waals surface area contributed by atoms with Crippen LogP contribution in [0.25, 0.3) is 0 Å². The molecule has 2 aliphatic carbocycles. The summed E-state index contributed by atoms with van der Waals surface area (Å²) in [5.74, 6) is 0.712. The molecule has 3 aliphatic rings. The van der Waals surface area contributed by atoms with Crippen molar-refractivity contribution >= 4 is 5.91 Å². The van der Waals surface area contributed by atoms with Crippen molar-refractivity contribution in [2.75, 3.05) is 6.61 Å². The van der Waals surface area contributed by atoms with Crippen LogP contribution in [0.15, 0.2) is 29.1 Å². The van der Waals surface area contributed by atoms with Gasteiger partial charge in [-0.1, -0.05) is 6.07 Å². The first kappa shape index (κ1) is 17.5. The number of hydrogen-bond donors (Lipinski definition) is 3. The Labute approximate surface area is 162 Å². The number of hydrogen-bond acceptors (Lipinski definition) is 4. The molecule has 1 aliphatic heterocycles. The topological polar surface area (TPSA) is 91.4 Å². The maximum absolute atomic E-state index is 13.0. The molecule has 1 saturated carbocycles. The summed E-state index contributed by atoms with van der Waals surface area (Å²) in [5.41, 5.74) is 4.02. The van der Waals surface area contributed by atoms with Crippen molar-refractivity contribution in [3.63, 3.8) is 0 Å². The lowest BCUT2D eigenvalue weighted by molar-refractivity contribution is 0.0235. The van der Waals surface area contributed by atoms with E-state index >= 15 is 0 Å². The maximum Gasteiger partial charge on any atom is 0.261 e. The number of fused-ring (bicyclic) bond motifs is 2. The Morgan fingerprint density at radius 1 is 1.18 bits per heavy atom. The van der Waals surface area contributed by atoms with Gasteiger partial charge in [0.2, 0.25) is 0 Å². The van der Waals surface area contributed by atoms with Gasteiger partial charge in [0.25, 0.3) is 11.5 Å². The summed E-state index contributed by atoms with van der Waals surface area (Å²) < 4.78 is 5.59. The van der Waals surface area contributed by atoms with Gasteiger partial charge < -0.3 is 20.1 Å². The molecule has 3 N–H and O–H groups in total. The number of aliphatic hydroxyl groups excluding tert-OH is 1. The van der Waals surface area contributed by atoms with E-state index in [0.29, 0.717) is 19.4 Å². The molecule has 6 nitrogen and oxygen atoms in total. The SMILES string of the molecule is O=C(NC(c1ccc2c(c1)CCO2)C1CC(O)C1)c1cc2c([nH]c1=O)CCC2. The third-order valence-corrected chi connectivity index (χ3v) is 6.31. The van der Waals surface area contributed by atoms with Crippen LogP contribution in [0.1, 0.15) is 58.0 Å². The van der Waals surface area contributed by atoms with Crippen LogP contribution in [0.2, 0.25) is 0 Å². The fraction of sp³-hybridized carbons (Fsp3) is 0.455. The maximum atomic E-state index is 13.0. The third kappa shape index (κ3) is 3.02. The number of ether oxygens (including phenoxy) is 1. The number of benzene rings is 1. The smallest absolute Gasteiger partial charge is 0.261 e. The van der Waals surface area contributed by atoms with Gasteiger partial charge in [0.05, 0.1) is 18.8 Å². The van der Waals surface area contributed by atoms with Crippen LogP contribution in [0.4, 0.5) is 0 Å². The average Bonchev–Trinajstić information content (AvgIpc) is 3.30. The molecule has 1 aromatic heterocycles. The van der Waals surface area contributed by atoms with Gasteiger partial charge in [-0.15, -0.1) is 0 Å². The molecule has 1 atom stereocenters. The molecule has 0 bridgehead atoms. The minimum absolute atomic E-state index is 0.160. The van der Waals surface area contributed by atoms with Crippen LogP contribution in [-0.2, 0) is 19.3 Å². The molecule has 2 aromatic rings. The van der Waals surface area contributed by atoms with Crippen LogP contribution in [0, 0.1) is 5.92 Å². The van der Waals surface area contributed by atoms with Crippen LogP contribution in [0.5, 0.6) is 5.75 Å². The lowest BCUT2D eigenvalue weighted by atomic mass is 9.74. The lowest BCUT2D eigenvalue weighted by Gasteiger charge is -2.38. The Morgan fingerprint density at radius 2 is 2.04 bits per heavy atom. The van der Waals surface area contributed by atoms with E-state index in [-0.39, 0.29) is 35.1 Å². The van der Waals surface area contributed by atoms with E-state index in [1.807, 2.05) is 12.1 Å². The largest absolute Gasteiger partial charge is 0.493 e. The Kier molecular flexibility index (Phi) is 4.23. The number of aromatic amines is 1. The van der Waals surface area contributed by atoms with Crippen LogP contribution in [0.3, 0.4) is 0 Å². The van der Waals surface area contributed by atoms with Crippen molar-refractivity contribution < 1.29 is 14.6 Å². The summed E-state index contributed by atoms with van der Waals surface area (Å²) in [5, 5.41) is 12.9. The number of nitrogens with one attached hydrogen (secondary N) is 2. The Bertz CT molecular complexity index is 991. The molecule has 1 fully saturated rings. The highest BCUT2D eigenvalue weighted by atomic mass is 16.5. The van der Waals surface area contributed by atoms with Gasteiger partial charge in [-0.05, 0) is 72.9 Å². The van der Waals surface area contributed by atoms with Crippen molar-refractivity contribution in [3.05, 3.63) is 62.6 Å². The number of carbonyl (C=O) groups is 1. The number of H-pyrrole nitrogens is 1. The molecule has 0 saturated heterocycles. The fourth-order valence-electron chi connectivity index (χ4n) is 4.68. The van der Waals surface area contributed by atoms with Crippen LogP contribution >= 0.6 is 0 Å². The molecule has 0 spiro atoms. The quantitative estimate of drug-likeness (QED) is 0.757. The minimum Gasteiger partial charge on any atom is -0.493 e. The molecule has 5 rings (SSSR count). The third-order valence-electron chi connectivity index (χ3n) is 6.31. The summed E-state index contributed by atoms with van der Waals surface area (Å²) in [6, 6.07) is 7.54. The molecule has 6 heteroatoms. The number of aryl methyl sites for hydroxylation is 2. The predicted octanol–water partition coefficient (Wildman–Crippen LogP) is 2.04. The molecule has 1 amide bonds. The molecule has 0 radical (unpaired) electrons. The second kappa shape index (κ2) is 6.78. The first-order valence-electron chi connectivity index (χ1n) is 10.1. The van der Waals surface area contributed by atoms with E-state index in [1.165, 1.54) is 0 Å². The zero-order valence-corrected chi connectivity index (χ0v) is 15.7. The second-order valence-electron chi connectivity index (χ2n) is 8.17. The molecule has 2 heterocycles. The lowest BCUT2D eigenvalue weighted by Crippen LogP contribution is -2.42. The van der Waals surface area contributed by atoms with Crippen LogP contribution < -0.4 is 15.6 Å². The highest BCUT2D eigenvalue weighted by Crippen LogP contribution is 2.40. The van der Waals surface area contributed by atoms with Gasteiger partial charge in [0.15, 0.2) is 0 Å². The summed E-state index contributed by atoms with van der Waals surface area (Å²) in [6.45, 7) is 0.683. The van der Waals surface area contributed by atoms with Crippen molar-refractivity contribution in [2.24, 2.45) is 5.92 Å². The van der Waals surface area contributed by atoms with E-state index < -0.39 is 0 Å². The molecular weight excluding hydrogens is 356 g/mol. The Balaban J connectivity index is 1.44. The number of aliphatic hydroxyl groups is 1. The van der Waals surface area contributed by atoms with E-state index in [9.17, 15) is 14.7 Å². The predicted molar refractivity (Wildman–Crippen MR) is 104 cm³/mol. The van der Waals surface area contributed by atoms with Gasteiger partial charge in [-0.3, -0.25) is 9.59 Å². The van der Waals surface area contributed by atoms with Crippen molar-refractivity contribution in [1.82, 2.24) is 10.3 Å². The summed E-state index contributed by atoms with van der Waals surface area (Å²) in [6.07, 6.45) is 4.63. The zero-order chi connectivity index (χ0) is 19.3. The Morgan fingerprint density at radius 3 is 2.86 bits per heavy atom. The molecule has 1 aromatic carbocycles. The van der Waals surface area contributed by atoms with Crippen molar-refractivity contribution in [1.29, 1.82) is 0 Å². The van der Waals surface area contributed by atoms with Gasteiger partial charge in [0, 0.05) is 12.1 Å². The molecule has 28 heavy (non-hydrogen) atoms. The number of aromatic nitrogens is 1. The number of rotatable bonds is 4. The minimum atomic E-state index is -0.348. The molecule has 146 valence electrons. The Hall–Kier alpha value is -2.60. The summed E-state index contributed by atoms with van der Waals surface area (Å²) in [4.78, 5) is 28.3. The highest BCUT2D eigenvalue weighted by molar-refractivity contribution is 5.94. The first-order chi connectivity index (χ1) is 13.6. The summed E-state index contributed by atoms with van der Waals surface area (Å²) >= 11 is 0. The highest BCUT2D eigenvalue weighted by Gasteiger charge is 2.36. The standard InChI is InChI=1S/C22H24N2O4/c25-16-9-15(10-16)20(14-4-5-19-13(8-14)6-7-28-19)24-22(27)17-11-12-2-1-3-18(12)23-21(17)26/h4-5,8,11,15-16,20,25H,1-3,6-7,9-10H2,(H,23,26)(H,24,27). The monoisotopic (exact) mass is 380 g/mol. The van der Waals surface area contributed by atoms with Crippen LogP contribution in [-0.4, -0.2) is 28.7 Å². The number of pyridine rings is 1. The van der Waals surface area contributed by atoms with Crippen molar-refractivity contribution in [2.45, 2.75) is 50.7 Å². The molecule has 1 unspecified atom stereocenters. The van der Waals surface area contributed by atoms with Gasteiger partial charge in [0.1, 0.15) is 11.3 Å². The first-order valence-corrected chi connectivity index (χ1v) is 10.1. The van der Waals surface area contributed by atoms with E-state index in [1.54, 1.807) is 6.07 Å². The zero-order valence-electron chi connectivity index (χ0n) is 15.7. The number of amides is 1. The normalized spacial score (nSPS) is 23.3. The van der Waals surface area contributed by atoms with Gasteiger partial charge in [-0.25, -0.2) is 0 Å².